The van der Waals surface area contributed by atoms with E-state index in [0.717, 1.165) is 29.4 Å². The molecule has 0 aliphatic rings. The van der Waals surface area contributed by atoms with Crippen LogP contribution in [0.15, 0.2) is 78.9 Å². The summed E-state index contributed by atoms with van der Waals surface area (Å²) in [4.78, 5) is 29.0. The van der Waals surface area contributed by atoms with Gasteiger partial charge in [0, 0.05) is 32.5 Å². The van der Waals surface area contributed by atoms with E-state index in [1.165, 1.54) is 4.31 Å². The number of aryl methyl sites for hydroxylation is 1. The number of nitrogens with zero attached hydrogens (tertiary/aromatic N) is 2. The second kappa shape index (κ2) is 15.2. The van der Waals surface area contributed by atoms with Crippen LogP contribution in [0.5, 0.6) is 5.75 Å². The van der Waals surface area contributed by atoms with E-state index in [9.17, 15) is 18.0 Å². The van der Waals surface area contributed by atoms with Gasteiger partial charge in [-0.05, 0) is 55.2 Å². The standard InChI is InChI=1S/C32H41N3O5S/c1-5-20-33-32(37)30(23-26-11-7-6-8-12-26)34(24-27-13-9-14-29(22-27)40-3)31(36)15-10-21-35(41(4,38)39)28-18-16-25(2)17-19-28/h6-9,11-14,16-19,22,30H,5,10,15,20-21,23-24H2,1-4H3,(H,33,37)/t30-/m1/s1. The molecule has 3 aromatic carbocycles. The maximum absolute atomic E-state index is 13.9. The van der Waals surface area contributed by atoms with Crippen molar-refractivity contribution in [1.29, 1.82) is 0 Å². The van der Waals surface area contributed by atoms with Gasteiger partial charge >= 0.3 is 0 Å². The van der Waals surface area contributed by atoms with Crippen LogP contribution in [0, 0.1) is 6.92 Å². The van der Waals surface area contributed by atoms with Crippen LogP contribution >= 0.6 is 0 Å². The van der Waals surface area contributed by atoms with Crippen molar-refractivity contribution in [3.05, 3.63) is 95.6 Å². The van der Waals surface area contributed by atoms with E-state index < -0.39 is 16.1 Å². The number of hydrogen-bond acceptors (Lipinski definition) is 5. The smallest absolute Gasteiger partial charge is 0.243 e. The van der Waals surface area contributed by atoms with Crippen molar-refractivity contribution in [3.63, 3.8) is 0 Å². The average Bonchev–Trinajstić information content (AvgIpc) is 2.96. The lowest BCUT2D eigenvalue weighted by atomic mass is 10.0. The SMILES string of the molecule is CCCNC(=O)[C@@H](Cc1ccccc1)N(Cc1cccc(OC)c1)C(=O)CCCN(c1ccc(C)cc1)S(C)(=O)=O. The van der Waals surface area contributed by atoms with Crippen molar-refractivity contribution in [2.24, 2.45) is 0 Å². The first-order valence-corrected chi connectivity index (χ1v) is 15.8. The topological polar surface area (TPSA) is 96.0 Å². The molecule has 0 saturated carbocycles. The fourth-order valence-electron chi connectivity index (χ4n) is 4.60. The summed E-state index contributed by atoms with van der Waals surface area (Å²) in [5, 5.41) is 2.97. The molecule has 220 valence electrons. The second-order valence-electron chi connectivity index (χ2n) is 10.1. The van der Waals surface area contributed by atoms with Crippen LogP contribution in [-0.2, 0) is 32.6 Å². The molecule has 0 unspecified atom stereocenters. The molecule has 8 nitrogen and oxygen atoms in total. The van der Waals surface area contributed by atoms with E-state index in [4.69, 9.17) is 4.74 Å². The molecule has 0 aliphatic carbocycles. The molecule has 3 rings (SSSR count). The lowest BCUT2D eigenvalue weighted by molar-refractivity contribution is -0.141. The number of amides is 2. The Morgan fingerprint density at radius 1 is 0.951 bits per heavy atom. The molecule has 41 heavy (non-hydrogen) atoms. The highest BCUT2D eigenvalue weighted by molar-refractivity contribution is 7.92. The molecule has 0 fully saturated rings. The van der Waals surface area contributed by atoms with Crippen LogP contribution in [0.1, 0.15) is 42.9 Å². The first kappa shape index (κ1) is 31.7. The van der Waals surface area contributed by atoms with Crippen LogP contribution in [-0.4, -0.2) is 57.6 Å². The normalized spacial score (nSPS) is 11.9. The van der Waals surface area contributed by atoms with Crippen molar-refractivity contribution >= 4 is 27.5 Å². The van der Waals surface area contributed by atoms with Crippen molar-refractivity contribution in [2.45, 2.75) is 52.1 Å². The second-order valence-corrected chi connectivity index (χ2v) is 12.1. The summed E-state index contributed by atoms with van der Waals surface area (Å²) < 4.78 is 31.9. The average molecular weight is 580 g/mol. The molecule has 0 spiro atoms. The maximum atomic E-state index is 13.9. The zero-order chi connectivity index (χ0) is 29.8. The van der Waals surface area contributed by atoms with E-state index >= 15 is 0 Å². The number of carbonyl (C=O) groups is 2. The zero-order valence-electron chi connectivity index (χ0n) is 24.4. The summed E-state index contributed by atoms with van der Waals surface area (Å²) in [6, 6.07) is 23.6. The third-order valence-corrected chi connectivity index (χ3v) is 7.98. The summed E-state index contributed by atoms with van der Waals surface area (Å²) >= 11 is 0. The summed E-state index contributed by atoms with van der Waals surface area (Å²) in [5.74, 6) is 0.217. The van der Waals surface area contributed by atoms with Gasteiger partial charge in [0.15, 0.2) is 0 Å². The Morgan fingerprint density at radius 2 is 1.63 bits per heavy atom. The number of rotatable bonds is 15. The summed E-state index contributed by atoms with van der Waals surface area (Å²) in [7, 11) is -1.97. The number of sulfonamides is 1. The van der Waals surface area contributed by atoms with Crippen molar-refractivity contribution < 1.29 is 22.7 Å². The fourth-order valence-corrected chi connectivity index (χ4v) is 5.57. The molecule has 0 radical (unpaired) electrons. The number of methoxy groups -OCH3 is 1. The molecular formula is C32H41N3O5S. The molecule has 0 bridgehead atoms. The zero-order valence-corrected chi connectivity index (χ0v) is 25.2. The van der Waals surface area contributed by atoms with Gasteiger partial charge in [-0.15, -0.1) is 0 Å². The van der Waals surface area contributed by atoms with Crippen LogP contribution in [0.3, 0.4) is 0 Å². The Hall–Kier alpha value is -3.85. The number of ether oxygens (including phenoxy) is 1. The highest BCUT2D eigenvalue weighted by atomic mass is 32.2. The minimum Gasteiger partial charge on any atom is -0.497 e. The number of carbonyl (C=O) groups excluding carboxylic acids is 2. The molecule has 1 atom stereocenters. The third-order valence-electron chi connectivity index (χ3n) is 6.78. The van der Waals surface area contributed by atoms with Gasteiger partial charge in [0.2, 0.25) is 21.8 Å². The van der Waals surface area contributed by atoms with Crippen molar-refractivity contribution in [2.75, 3.05) is 30.8 Å². The van der Waals surface area contributed by atoms with Crippen LogP contribution in [0.25, 0.3) is 0 Å². The molecule has 0 aliphatic heterocycles. The lowest BCUT2D eigenvalue weighted by Gasteiger charge is -2.32. The van der Waals surface area contributed by atoms with Gasteiger partial charge in [0.25, 0.3) is 0 Å². The van der Waals surface area contributed by atoms with Gasteiger partial charge in [0.1, 0.15) is 11.8 Å². The monoisotopic (exact) mass is 579 g/mol. The van der Waals surface area contributed by atoms with Gasteiger partial charge in [-0.3, -0.25) is 13.9 Å². The predicted octanol–water partition coefficient (Wildman–Crippen LogP) is 4.72. The molecule has 0 heterocycles. The fraction of sp³-hybridized carbons (Fsp3) is 0.375. The first-order chi connectivity index (χ1) is 19.6. The lowest BCUT2D eigenvalue weighted by Crippen LogP contribution is -2.50. The number of benzene rings is 3. The van der Waals surface area contributed by atoms with E-state index in [-0.39, 0.29) is 31.3 Å². The van der Waals surface area contributed by atoms with Crippen molar-refractivity contribution in [3.8, 4) is 5.75 Å². The van der Waals surface area contributed by atoms with E-state index in [1.807, 2.05) is 80.6 Å². The predicted molar refractivity (Wildman–Crippen MR) is 163 cm³/mol. The molecule has 9 heteroatoms. The number of nitrogens with one attached hydrogen (secondary N) is 1. The largest absolute Gasteiger partial charge is 0.497 e. The molecule has 3 aromatic rings. The van der Waals surface area contributed by atoms with E-state index in [0.29, 0.717) is 30.8 Å². The number of anilines is 1. The van der Waals surface area contributed by atoms with Crippen molar-refractivity contribution in [1.82, 2.24) is 10.2 Å². The summed E-state index contributed by atoms with van der Waals surface area (Å²) in [6.45, 7) is 4.78. The van der Waals surface area contributed by atoms with Crippen LogP contribution < -0.4 is 14.4 Å². The highest BCUT2D eigenvalue weighted by Crippen LogP contribution is 2.22. The summed E-state index contributed by atoms with van der Waals surface area (Å²) in [5.41, 5.74) is 3.35. The van der Waals surface area contributed by atoms with Gasteiger partial charge in [-0.1, -0.05) is 67.1 Å². The van der Waals surface area contributed by atoms with Crippen LogP contribution in [0.2, 0.25) is 0 Å². The van der Waals surface area contributed by atoms with E-state index in [1.54, 1.807) is 24.1 Å². The molecule has 0 aromatic heterocycles. The van der Waals surface area contributed by atoms with Gasteiger partial charge in [-0.25, -0.2) is 8.42 Å². The molecule has 1 N–H and O–H groups in total. The maximum Gasteiger partial charge on any atom is 0.243 e. The third kappa shape index (κ3) is 9.63. The Labute approximate surface area is 244 Å². The quantitative estimate of drug-likeness (QED) is 0.281. The van der Waals surface area contributed by atoms with Gasteiger partial charge < -0.3 is 15.0 Å². The Balaban J connectivity index is 1.88. The molecule has 0 saturated heterocycles. The number of hydrogen-bond donors (Lipinski definition) is 1. The van der Waals surface area contributed by atoms with Gasteiger partial charge in [0.05, 0.1) is 19.1 Å². The highest BCUT2D eigenvalue weighted by Gasteiger charge is 2.30. The summed E-state index contributed by atoms with van der Waals surface area (Å²) in [6.07, 6.45) is 2.66. The Morgan fingerprint density at radius 3 is 2.27 bits per heavy atom. The van der Waals surface area contributed by atoms with Crippen LogP contribution in [0.4, 0.5) is 5.69 Å². The molecular weight excluding hydrogens is 538 g/mol. The van der Waals surface area contributed by atoms with Gasteiger partial charge in [-0.2, -0.15) is 0 Å². The van der Waals surface area contributed by atoms with E-state index in [2.05, 4.69) is 5.32 Å². The molecule has 2 amide bonds. The first-order valence-electron chi connectivity index (χ1n) is 13.9. The Kier molecular flexibility index (Phi) is 11.8. The Bertz CT molecular complexity index is 1380. The minimum absolute atomic E-state index is 0.0776. The minimum atomic E-state index is -3.56.